The normalized spacial score (nSPS) is 20.6. The van der Waals surface area contributed by atoms with Crippen molar-refractivity contribution in [3.8, 4) is 0 Å². The number of amides is 2. The first kappa shape index (κ1) is 18.2. The molecular weight excluding hydrogens is 336 g/mol. The predicted molar refractivity (Wildman–Crippen MR) is 99.2 cm³/mol. The van der Waals surface area contributed by atoms with E-state index in [0.717, 1.165) is 25.1 Å². The van der Waals surface area contributed by atoms with Crippen molar-refractivity contribution < 1.29 is 9.59 Å². The van der Waals surface area contributed by atoms with Crippen LogP contribution in [-0.4, -0.2) is 41.2 Å². The Balaban J connectivity index is 1.62. The van der Waals surface area contributed by atoms with Gasteiger partial charge in [0.1, 0.15) is 0 Å². The molecule has 0 unspecified atom stereocenters. The van der Waals surface area contributed by atoms with Crippen molar-refractivity contribution in [2.24, 2.45) is 11.8 Å². The molecule has 4 nitrogen and oxygen atoms in total. The molecule has 1 aromatic rings. The minimum absolute atomic E-state index is 0.0599. The summed E-state index contributed by atoms with van der Waals surface area (Å²) in [4.78, 5) is 29.1. The second-order valence-electron chi connectivity index (χ2n) is 7.36. The highest BCUT2D eigenvalue weighted by Gasteiger charge is 2.34. The van der Waals surface area contributed by atoms with Gasteiger partial charge >= 0.3 is 0 Å². The van der Waals surface area contributed by atoms with Gasteiger partial charge in [-0.05, 0) is 49.3 Å². The van der Waals surface area contributed by atoms with Crippen LogP contribution in [0.25, 0.3) is 0 Å². The summed E-state index contributed by atoms with van der Waals surface area (Å²) >= 11 is 5.93. The van der Waals surface area contributed by atoms with E-state index in [-0.39, 0.29) is 17.7 Å². The third-order valence-corrected chi connectivity index (χ3v) is 5.37. The lowest BCUT2D eigenvalue weighted by molar-refractivity contribution is -0.143. The van der Waals surface area contributed by atoms with Crippen molar-refractivity contribution in [2.75, 3.05) is 19.6 Å². The number of benzene rings is 1. The molecule has 2 fully saturated rings. The Morgan fingerprint density at radius 3 is 2.60 bits per heavy atom. The maximum absolute atomic E-state index is 13.0. The van der Waals surface area contributed by atoms with Gasteiger partial charge in [0.15, 0.2) is 0 Å². The molecule has 1 saturated heterocycles. The van der Waals surface area contributed by atoms with Crippen LogP contribution in [0.2, 0.25) is 5.02 Å². The Hall–Kier alpha value is -1.55. The molecule has 0 radical (unpaired) electrons. The largest absolute Gasteiger partial charge is 0.342 e. The van der Waals surface area contributed by atoms with Gasteiger partial charge in [-0.3, -0.25) is 9.59 Å². The monoisotopic (exact) mass is 362 g/mol. The molecule has 3 rings (SSSR count). The van der Waals surface area contributed by atoms with E-state index in [1.807, 2.05) is 34.1 Å². The molecule has 0 spiro atoms. The minimum atomic E-state index is -0.0599. The van der Waals surface area contributed by atoms with Crippen molar-refractivity contribution in [1.29, 1.82) is 0 Å². The maximum atomic E-state index is 13.0. The van der Waals surface area contributed by atoms with E-state index in [1.54, 1.807) is 0 Å². The molecule has 1 aromatic carbocycles. The van der Waals surface area contributed by atoms with Gasteiger partial charge in [0.05, 0.1) is 5.92 Å². The number of likely N-dealkylation sites (tertiary alicyclic amines) is 1. The van der Waals surface area contributed by atoms with Crippen LogP contribution >= 0.6 is 11.6 Å². The van der Waals surface area contributed by atoms with Crippen LogP contribution in [0, 0.1) is 11.8 Å². The molecular formula is C20H27ClN2O2. The van der Waals surface area contributed by atoms with Gasteiger partial charge in [-0.15, -0.1) is 0 Å². The van der Waals surface area contributed by atoms with E-state index in [2.05, 4.69) is 6.92 Å². The average molecular weight is 363 g/mol. The third-order valence-electron chi connectivity index (χ3n) is 5.12. The Bertz CT molecular complexity index is 613. The fourth-order valence-electron chi connectivity index (χ4n) is 3.51. The summed E-state index contributed by atoms with van der Waals surface area (Å²) in [6, 6.07) is 7.56. The van der Waals surface area contributed by atoms with Crippen molar-refractivity contribution in [1.82, 2.24) is 9.80 Å². The Morgan fingerprint density at radius 2 is 1.96 bits per heavy atom. The zero-order valence-corrected chi connectivity index (χ0v) is 15.7. The van der Waals surface area contributed by atoms with E-state index in [0.29, 0.717) is 36.9 Å². The number of carbonyl (C=O) groups excluding carboxylic acids is 2. The van der Waals surface area contributed by atoms with Crippen molar-refractivity contribution >= 4 is 23.4 Å². The van der Waals surface area contributed by atoms with Crippen LogP contribution in [-0.2, 0) is 16.1 Å². The molecule has 0 aromatic heterocycles. The topological polar surface area (TPSA) is 40.6 Å². The summed E-state index contributed by atoms with van der Waals surface area (Å²) < 4.78 is 0. The quantitative estimate of drug-likeness (QED) is 0.741. The fraction of sp³-hybridized carbons (Fsp3) is 0.600. The number of rotatable bonds is 7. The van der Waals surface area contributed by atoms with Crippen LogP contribution < -0.4 is 0 Å². The molecule has 0 bridgehead atoms. The van der Waals surface area contributed by atoms with Crippen LogP contribution in [0.4, 0.5) is 0 Å². The second-order valence-corrected chi connectivity index (χ2v) is 7.80. The van der Waals surface area contributed by atoms with E-state index in [9.17, 15) is 9.59 Å². The fourth-order valence-corrected chi connectivity index (χ4v) is 3.64. The highest BCUT2D eigenvalue weighted by Crippen LogP contribution is 2.31. The van der Waals surface area contributed by atoms with E-state index in [4.69, 9.17) is 11.6 Å². The molecule has 25 heavy (non-hydrogen) atoms. The smallest absolute Gasteiger partial charge is 0.227 e. The Labute approximate surface area is 155 Å². The van der Waals surface area contributed by atoms with Crippen LogP contribution in [0.1, 0.15) is 44.6 Å². The predicted octanol–water partition coefficient (Wildman–Crippen LogP) is 3.73. The van der Waals surface area contributed by atoms with Crippen molar-refractivity contribution in [2.45, 2.75) is 45.6 Å². The number of halogens is 1. The molecule has 1 heterocycles. The SMILES string of the molecule is CCCN(CC1CC1)C(=O)[C@H]1CCC(=O)N(Cc2ccc(Cl)cc2)C1. The average Bonchev–Trinajstić information content (AvgIpc) is 3.42. The summed E-state index contributed by atoms with van der Waals surface area (Å²) in [6.07, 6.45) is 4.63. The number of piperidine rings is 1. The molecule has 2 aliphatic rings. The van der Waals surface area contributed by atoms with Gasteiger partial charge in [0, 0.05) is 37.6 Å². The van der Waals surface area contributed by atoms with E-state index >= 15 is 0 Å². The number of nitrogens with zero attached hydrogens (tertiary/aromatic N) is 2. The highest BCUT2D eigenvalue weighted by atomic mass is 35.5. The number of carbonyl (C=O) groups is 2. The lowest BCUT2D eigenvalue weighted by Crippen LogP contribution is -2.47. The zero-order valence-electron chi connectivity index (χ0n) is 14.9. The minimum Gasteiger partial charge on any atom is -0.342 e. The first-order valence-corrected chi connectivity index (χ1v) is 9.75. The van der Waals surface area contributed by atoms with Gasteiger partial charge in [-0.1, -0.05) is 30.7 Å². The molecule has 1 aliphatic carbocycles. The summed E-state index contributed by atoms with van der Waals surface area (Å²) in [7, 11) is 0. The van der Waals surface area contributed by atoms with Crippen molar-refractivity contribution in [3.63, 3.8) is 0 Å². The summed E-state index contributed by atoms with van der Waals surface area (Å²) in [5.41, 5.74) is 1.05. The third kappa shape index (κ3) is 4.97. The molecule has 1 saturated carbocycles. The standard InChI is InChI=1S/C20H27ClN2O2/c1-2-11-22(12-15-3-4-15)20(25)17-7-10-19(24)23(14-17)13-16-5-8-18(21)9-6-16/h5-6,8-9,15,17H,2-4,7,10-14H2,1H3/t17-/m0/s1. The molecule has 1 aliphatic heterocycles. The van der Waals surface area contributed by atoms with Crippen molar-refractivity contribution in [3.05, 3.63) is 34.9 Å². The first-order chi connectivity index (χ1) is 12.1. The molecule has 5 heteroatoms. The lowest BCUT2D eigenvalue weighted by atomic mass is 9.95. The van der Waals surface area contributed by atoms with Crippen LogP contribution in [0.15, 0.2) is 24.3 Å². The maximum Gasteiger partial charge on any atom is 0.227 e. The molecule has 2 amide bonds. The van der Waals surface area contributed by atoms with Gasteiger partial charge in [0.2, 0.25) is 11.8 Å². The Morgan fingerprint density at radius 1 is 1.24 bits per heavy atom. The van der Waals surface area contributed by atoms with E-state index in [1.165, 1.54) is 12.8 Å². The van der Waals surface area contributed by atoms with E-state index < -0.39 is 0 Å². The first-order valence-electron chi connectivity index (χ1n) is 9.37. The van der Waals surface area contributed by atoms with Gasteiger partial charge in [-0.25, -0.2) is 0 Å². The zero-order chi connectivity index (χ0) is 17.8. The Kier molecular flexibility index (Phi) is 6.00. The lowest BCUT2D eigenvalue weighted by Gasteiger charge is -2.35. The summed E-state index contributed by atoms with van der Waals surface area (Å²) in [5, 5.41) is 0.692. The number of hydrogen-bond donors (Lipinski definition) is 0. The van der Waals surface area contributed by atoms with Crippen LogP contribution in [0.3, 0.4) is 0 Å². The summed E-state index contributed by atoms with van der Waals surface area (Å²) in [5.74, 6) is 1.02. The van der Waals surface area contributed by atoms with Gasteiger partial charge in [-0.2, -0.15) is 0 Å². The van der Waals surface area contributed by atoms with Gasteiger partial charge in [0.25, 0.3) is 0 Å². The molecule has 1 atom stereocenters. The van der Waals surface area contributed by atoms with Crippen LogP contribution in [0.5, 0.6) is 0 Å². The second kappa shape index (κ2) is 8.22. The molecule has 0 N–H and O–H groups in total. The number of hydrogen-bond acceptors (Lipinski definition) is 2. The molecule has 136 valence electrons. The van der Waals surface area contributed by atoms with Gasteiger partial charge < -0.3 is 9.80 Å². The summed E-state index contributed by atoms with van der Waals surface area (Å²) in [6.45, 7) is 4.93. The highest BCUT2D eigenvalue weighted by molar-refractivity contribution is 6.30.